The summed E-state index contributed by atoms with van der Waals surface area (Å²) in [5.74, 6) is 1.05. The molecule has 1 saturated carbocycles. The highest BCUT2D eigenvalue weighted by molar-refractivity contribution is 7.91. The van der Waals surface area contributed by atoms with Crippen molar-refractivity contribution in [2.45, 2.75) is 45.3 Å². The second kappa shape index (κ2) is 9.76. The van der Waals surface area contributed by atoms with E-state index in [1.807, 2.05) is 35.9 Å². The molecule has 1 saturated heterocycles. The summed E-state index contributed by atoms with van der Waals surface area (Å²) in [6, 6.07) is 12.2. The first-order valence-electron chi connectivity index (χ1n) is 13.6. The van der Waals surface area contributed by atoms with Crippen molar-refractivity contribution < 1.29 is 22.4 Å². The quantitative estimate of drug-likeness (QED) is 0.373. The molecule has 1 aliphatic carbocycles. The van der Waals surface area contributed by atoms with Gasteiger partial charge in [0.25, 0.3) is 0 Å². The smallest absolute Gasteiger partial charge is 0.238 e. The number of imidazole rings is 1. The van der Waals surface area contributed by atoms with Gasteiger partial charge in [-0.2, -0.15) is 0 Å². The Morgan fingerprint density at radius 2 is 1.95 bits per heavy atom. The lowest BCUT2D eigenvalue weighted by Gasteiger charge is -2.43. The molecule has 1 atom stereocenters. The minimum Gasteiger partial charge on any atom is -0.495 e. The molecule has 0 bridgehead atoms. The number of oxime groups is 1. The van der Waals surface area contributed by atoms with Crippen LogP contribution in [0.15, 0.2) is 65.7 Å². The van der Waals surface area contributed by atoms with Gasteiger partial charge in [0.15, 0.2) is 5.84 Å². The number of ether oxygens (including phenoxy) is 1. The van der Waals surface area contributed by atoms with E-state index >= 15 is 0 Å². The summed E-state index contributed by atoms with van der Waals surface area (Å²) in [6.45, 7) is 4.29. The SMILES string of the molecule is CCS(=O)(=O)CCC1(c2ccc(F)cc2)ON=C2/C(=C/c3ccc(-n4cnc(C)c4)c(OC)c3)CC3(CC3)CN21. The molecule has 0 amide bonds. The van der Waals surface area contributed by atoms with Crippen LogP contribution in [0.1, 0.15) is 49.4 Å². The first-order valence-corrected chi connectivity index (χ1v) is 15.4. The number of rotatable bonds is 8. The normalized spacial score (nSPS) is 22.2. The molecule has 2 aromatic carbocycles. The lowest BCUT2D eigenvalue weighted by molar-refractivity contribution is -0.114. The summed E-state index contributed by atoms with van der Waals surface area (Å²) in [5, 5.41) is 4.56. The van der Waals surface area contributed by atoms with Crippen molar-refractivity contribution in [3.63, 3.8) is 0 Å². The van der Waals surface area contributed by atoms with E-state index in [9.17, 15) is 12.8 Å². The number of hydrogen-bond acceptors (Lipinski definition) is 7. The van der Waals surface area contributed by atoms with E-state index in [1.54, 1.807) is 32.5 Å². The summed E-state index contributed by atoms with van der Waals surface area (Å²) >= 11 is 0. The number of sulfone groups is 1. The average Bonchev–Trinajstić information content (AvgIpc) is 3.36. The van der Waals surface area contributed by atoms with Crippen molar-refractivity contribution >= 4 is 21.7 Å². The van der Waals surface area contributed by atoms with E-state index in [2.05, 4.69) is 21.1 Å². The predicted molar refractivity (Wildman–Crippen MR) is 151 cm³/mol. The highest BCUT2D eigenvalue weighted by atomic mass is 32.2. The standard InChI is InChI=1S/C30H33FN4O4S/c1-4-40(36,37)14-13-30(24-6-8-25(31)9-7-24)35-19-29(11-12-29)17-23(28(35)33-39-30)15-22-5-10-26(27(16-22)38-3)34-18-21(2)32-20-34/h5-10,15-16,18,20H,4,11-14,17,19H2,1-3H3/b23-15+. The van der Waals surface area contributed by atoms with E-state index in [0.717, 1.165) is 47.5 Å². The van der Waals surface area contributed by atoms with Crippen molar-refractivity contribution in [1.29, 1.82) is 0 Å². The van der Waals surface area contributed by atoms with Gasteiger partial charge in [0.2, 0.25) is 5.72 Å². The van der Waals surface area contributed by atoms with Gasteiger partial charge in [0, 0.05) is 30.5 Å². The molecule has 6 rings (SSSR count). The summed E-state index contributed by atoms with van der Waals surface area (Å²) in [7, 11) is -1.62. The number of aryl methyl sites for hydroxylation is 1. The summed E-state index contributed by atoms with van der Waals surface area (Å²) in [5.41, 5.74) is 3.44. The number of benzene rings is 2. The van der Waals surface area contributed by atoms with Crippen LogP contribution in [0.25, 0.3) is 11.8 Å². The Hall–Kier alpha value is -3.66. The van der Waals surface area contributed by atoms with Crippen LogP contribution >= 0.6 is 0 Å². The fraction of sp³-hybridized carbons (Fsp3) is 0.400. The minimum atomic E-state index is -3.27. The number of halogens is 1. The van der Waals surface area contributed by atoms with Gasteiger partial charge in [-0.25, -0.2) is 17.8 Å². The van der Waals surface area contributed by atoms with Gasteiger partial charge >= 0.3 is 0 Å². The van der Waals surface area contributed by atoms with Crippen LogP contribution in [-0.2, 0) is 20.4 Å². The lowest BCUT2D eigenvalue weighted by Crippen LogP contribution is -2.52. The molecule has 3 heterocycles. The summed E-state index contributed by atoms with van der Waals surface area (Å²) in [4.78, 5) is 12.7. The zero-order chi connectivity index (χ0) is 28.1. The molecular weight excluding hydrogens is 531 g/mol. The third-order valence-corrected chi connectivity index (χ3v) is 10.0. The lowest BCUT2D eigenvalue weighted by atomic mass is 9.85. The molecule has 10 heteroatoms. The zero-order valence-corrected chi connectivity index (χ0v) is 23.7. The van der Waals surface area contributed by atoms with Crippen molar-refractivity contribution in [2.75, 3.05) is 25.2 Å². The van der Waals surface area contributed by atoms with Crippen molar-refractivity contribution in [2.24, 2.45) is 10.6 Å². The number of hydrogen-bond donors (Lipinski definition) is 0. The third-order valence-electron chi connectivity index (χ3n) is 8.30. The second-order valence-electron chi connectivity index (χ2n) is 11.1. The number of nitrogens with zero attached hydrogens (tertiary/aromatic N) is 4. The molecule has 210 valence electrons. The van der Waals surface area contributed by atoms with Crippen molar-refractivity contribution in [1.82, 2.24) is 14.5 Å². The van der Waals surface area contributed by atoms with Crippen LogP contribution in [0.2, 0.25) is 0 Å². The molecule has 0 N–H and O–H groups in total. The molecule has 3 aromatic rings. The number of fused-ring (bicyclic) bond motifs is 1. The molecule has 2 fully saturated rings. The van der Waals surface area contributed by atoms with E-state index in [1.165, 1.54) is 12.1 Å². The highest BCUT2D eigenvalue weighted by Gasteiger charge is 2.58. The Kier molecular flexibility index (Phi) is 6.48. The molecule has 1 aromatic heterocycles. The van der Waals surface area contributed by atoms with Gasteiger partial charge in [-0.3, -0.25) is 0 Å². The maximum Gasteiger partial charge on any atom is 0.238 e. The number of aromatic nitrogens is 2. The minimum absolute atomic E-state index is 0.0474. The largest absolute Gasteiger partial charge is 0.495 e. The van der Waals surface area contributed by atoms with Crippen LogP contribution in [0.5, 0.6) is 5.75 Å². The van der Waals surface area contributed by atoms with Crippen LogP contribution in [0, 0.1) is 18.2 Å². The van der Waals surface area contributed by atoms with E-state index in [-0.39, 0.29) is 29.2 Å². The third kappa shape index (κ3) is 4.78. The van der Waals surface area contributed by atoms with Crippen LogP contribution in [-0.4, -0.2) is 53.9 Å². The number of methoxy groups -OCH3 is 1. The van der Waals surface area contributed by atoms with Crippen LogP contribution in [0.3, 0.4) is 0 Å². The maximum absolute atomic E-state index is 13.9. The molecule has 2 aliphatic heterocycles. The topological polar surface area (TPSA) is 86.0 Å². The molecule has 1 spiro atoms. The molecule has 3 aliphatic rings. The highest BCUT2D eigenvalue weighted by Crippen LogP contribution is 2.57. The first kappa shape index (κ1) is 26.6. The zero-order valence-electron chi connectivity index (χ0n) is 22.9. The van der Waals surface area contributed by atoms with Gasteiger partial charge < -0.3 is 19.0 Å². The van der Waals surface area contributed by atoms with Gasteiger partial charge in [-0.15, -0.1) is 0 Å². The van der Waals surface area contributed by atoms with Crippen LogP contribution < -0.4 is 4.74 Å². The summed E-state index contributed by atoms with van der Waals surface area (Å²) in [6.07, 6.45) is 9.01. The Morgan fingerprint density at radius 1 is 1.18 bits per heavy atom. The second-order valence-corrected chi connectivity index (χ2v) is 13.5. The van der Waals surface area contributed by atoms with Crippen LogP contribution in [0.4, 0.5) is 4.39 Å². The van der Waals surface area contributed by atoms with Gasteiger partial charge in [-0.05, 0) is 73.1 Å². The van der Waals surface area contributed by atoms with Gasteiger partial charge in [-0.1, -0.05) is 30.3 Å². The molecule has 8 nitrogen and oxygen atoms in total. The summed E-state index contributed by atoms with van der Waals surface area (Å²) < 4.78 is 46.7. The van der Waals surface area contributed by atoms with Crippen molar-refractivity contribution in [3.05, 3.63) is 83.2 Å². The Bertz CT molecular complexity index is 1610. The van der Waals surface area contributed by atoms with E-state index in [0.29, 0.717) is 17.9 Å². The molecule has 0 radical (unpaired) electrons. The van der Waals surface area contributed by atoms with E-state index < -0.39 is 15.6 Å². The van der Waals surface area contributed by atoms with E-state index in [4.69, 9.17) is 9.57 Å². The first-order chi connectivity index (χ1) is 19.2. The predicted octanol–water partition coefficient (Wildman–Crippen LogP) is 5.22. The monoisotopic (exact) mass is 564 g/mol. The fourth-order valence-corrected chi connectivity index (χ4v) is 6.63. The molecule has 40 heavy (non-hydrogen) atoms. The Labute approximate surface area is 234 Å². The Morgan fingerprint density at radius 3 is 2.60 bits per heavy atom. The van der Waals surface area contributed by atoms with Crippen molar-refractivity contribution in [3.8, 4) is 11.4 Å². The fourth-order valence-electron chi connectivity index (χ4n) is 5.76. The Balaban J connectivity index is 1.39. The number of amidine groups is 1. The average molecular weight is 565 g/mol. The molecule has 1 unspecified atom stereocenters. The van der Waals surface area contributed by atoms with Gasteiger partial charge in [0.1, 0.15) is 21.4 Å². The van der Waals surface area contributed by atoms with Gasteiger partial charge in [0.05, 0.1) is 30.6 Å². The maximum atomic E-state index is 13.9. The molecular formula is C30H33FN4O4S. The number of piperidine rings is 1.